The number of nitrogens with zero attached hydrogens (tertiary/aromatic N) is 2. The molecule has 1 amide bonds. The molecule has 1 heterocycles. The molecule has 0 aliphatic carbocycles. The highest BCUT2D eigenvalue weighted by molar-refractivity contribution is 9.10. The Bertz CT molecular complexity index is 572. The molecule has 0 unspecified atom stereocenters. The van der Waals surface area contributed by atoms with Gasteiger partial charge in [0, 0.05) is 30.0 Å². The van der Waals surface area contributed by atoms with Crippen molar-refractivity contribution in [2.45, 2.75) is 0 Å². The molecule has 0 atom stereocenters. The minimum atomic E-state index is -0.0744. The molecule has 2 N–H and O–H groups in total. The van der Waals surface area contributed by atoms with Gasteiger partial charge in [-0.15, -0.1) is 12.4 Å². The summed E-state index contributed by atoms with van der Waals surface area (Å²) in [5.74, 6) is -0.0744. The van der Waals surface area contributed by atoms with Gasteiger partial charge in [-0.2, -0.15) is 5.10 Å². The van der Waals surface area contributed by atoms with Crippen molar-refractivity contribution in [2.75, 3.05) is 27.2 Å². The normalized spacial score (nSPS) is 10.3. The Hall–Kier alpha value is -1.11. The van der Waals surface area contributed by atoms with Crippen molar-refractivity contribution < 1.29 is 4.79 Å². The predicted molar refractivity (Wildman–Crippen MR) is 81.9 cm³/mol. The van der Waals surface area contributed by atoms with Crippen LogP contribution in [0.5, 0.6) is 0 Å². The topological polar surface area (TPSA) is 61.0 Å². The summed E-state index contributed by atoms with van der Waals surface area (Å²) < 4.78 is 0.934. The average molecular weight is 348 g/mol. The van der Waals surface area contributed by atoms with Crippen molar-refractivity contribution in [3.8, 4) is 0 Å². The molecule has 5 nitrogen and oxygen atoms in total. The summed E-state index contributed by atoms with van der Waals surface area (Å²) >= 11 is 3.40. The lowest BCUT2D eigenvalue weighted by molar-refractivity contribution is 0.0793. The van der Waals surface area contributed by atoms with Gasteiger partial charge >= 0.3 is 0 Å². The number of halogens is 2. The lowest BCUT2D eigenvalue weighted by Crippen LogP contribution is -2.33. The summed E-state index contributed by atoms with van der Waals surface area (Å²) in [5.41, 5.74) is 1.33. The van der Waals surface area contributed by atoms with Gasteiger partial charge in [0.05, 0.1) is 5.52 Å². The fourth-order valence-corrected chi connectivity index (χ4v) is 2.07. The first-order valence-corrected chi connectivity index (χ1v) is 6.46. The van der Waals surface area contributed by atoms with Crippen molar-refractivity contribution in [2.24, 2.45) is 0 Å². The van der Waals surface area contributed by atoms with E-state index in [1.165, 1.54) is 0 Å². The van der Waals surface area contributed by atoms with Crippen LogP contribution in [0.15, 0.2) is 22.7 Å². The fraction of sp³-hybridized carbons (Fsp3) is 0.333. The Kier molecular flexibility index (Phi) is 5.78. The van der Waals surface area contributed by atoms with Crippen LogP contribution in [0.2, 0.25) is 0 Å². The summed E-state index contributed by atoms with van der Waals surface area (Å²) in [6.45, 7) is 1.41. The minimum absolute atomic E-state index is 0. The molecule has 0 bridgehead atoms. The Morgan fingerprint density at radius 1 is 1.53 bits per heavy atom. The molecule has 0 fully saturated rings. The Morgan fingerprint density at radius 3 is 2.95 bits per heavy atom. The zero-order valence-corrected chi connectivity index (χ0v) is 13.1. The van der Waals surface area contributed by atoms with Crippen molar-refractivity contribution in [3.05, 3.63) is 28.4 Å². The largest absolute Gasteiger partial charge is 0.339 e. The molecular weight excluding hydrogens is 332 g/mol. The smallest absolute Gasteiger partial charge is 0.274 e. The molecule has 2 rings (SSSR count). The molecule has 1 aromatic carbocycles. The summed E-state index contributed by atoms with van der Waals surface area (Å²) in [5, 5.41) is 10.8. The first kappa shape index (κ1) is 15.9. The number of hydrogen-bond acceptors (Lipinski definition) is 3. The van der Waals surface area contributed by atoms with E-state index in [1.807, 2.05) is 25.2 Å². The molecule has 0 saturated heterocycles. The molecule has 0 saturated carbocycles. The maximum absolute atomic E-state index is 12.2. The molecule has 7 heteroatoms. The minimum Gasteiger partial charge on any atom is -0.339 e. The van der Waals surface area contributed by atoms with Crippen LogP contribution in [0, 0.1) is 0 Å². The number of hydrogen-bond donors (Lipinski definition) is 2. The highest BCUT2D eigenvalue weighted by atomic mass is 79.9. The van der Waals surface area contributed by atoms with Crippen LogP contribution < -0.4 is 5.32 Å². The molecule has 1 aromatic heterocycles. The number of benzene rings is 1. The van der Waals surface area contributed by atoms with E-state index < -0.39 is 0 Å². The van der Waals surface area contributed by atoms with E-state index in [0.717, 1.165) is 21.9 Å². The number of H-pyrrole nitrogens is 1. The van der Waals surface area contributed by atoms with E-state index in [1.54, 1.807) is 11.9 Å². The van der Waals surface area contributed by atoms with Crippen molar-refractivity contribution in [3.63, 3.8) is 0 Å². The number of carbonyl (C=O) groups is 1. The van der Waals surface area contributed by atoms with Crippen LogP contribution >= 0.6 is 28.3 Å². The molecule has 0 spiro atoms. The van der Waals surface area contributed by atoms with E-state index >= 15 is 0 Å². The first-order valence-electron chi connectivity index (χ1n) is 5.67. The van der Waals surface area contributed by atoms with Gasteiger partial charge in [0.15, 0.2) is 5.69 Å². The third-order valence-electron chi connectivity index (χ3n) is 2.77. The van der Waals surface area contributed by atoms with Gasteiger partial charge in [0.1, 0.15) is 0 Å². The molecule has 19 heavy (non-hydrogen) atoms. The molecular formula is C12H16BrClN4O. The molecule has 0 aliphatic heterocycles. The summed E-state index contributed by atoms with van der Waals surface area (Å²) in [4.78, 5) is 13.9. The molecule has 104 valence electrons. The van der Waals surface area contributed by atoms with E-state index in [2.05, 4.69) is 31.4 Å². The zero-order chi connectivity index (χ0) is 13.1. The van der Waals surface area contributed by atoms with Gasteiger partial charge in [-0.3, -0.25) is 9.89 Å². The monoisotopic (exact) mass is 346 g/mol. The lowest BCUT2D eigenvalue weighted by Gasteiger charge is -2.15. The second kappa shape index (κ2) is 6.88. The Balaban J connectivity index is 0.00000180. The van der Waals surface area contributed by atoms with Crippen LogP contribution in [-0.2, 0) is 0 Å². The quantitative estimate of drug-likeness (QED) is 0.890. The van der Waals surface area contributed by atoms with Crippen LogP contribution in [0.25, 0.3) is 10.9 Å². The number of aromatic nitrogens is 2. The Labute approximate surface area is 126 Å². The fourth-order valence-electron chi connectivity index (χ4n) is 1.71. The van der Waals surface area contributed by atoms with Crippen LogP contribution in [0.3, 0.4) is 0 Å². The maximum atomic E-state index is 12.2. The summed E-state index contributed by atoms with van der Waals surface area (Å²) in [7, 11) is 3.64. The van der Waals surface area contributed by atoms with Gasteiger partial charge in [-0.05, 0) is 25.2 Å². The number of carbonyl (C=O) groups excluding carboxylic acids is 1. The second-order valence-electron chi connectivity index (χ2n) is 4.09. The van der Waals surface area contributed by atoms with E-state index in [-0.39, 0.29) is 18.3 Å². The number of aromatic amines is 1. The predicted octanol–water partition coefficient (Wildman–Crippen LogP) is 2.04. The van der Waals surface area contributed by atoms with Gasteiger partial charge in [0.2, 0.25) is 0 Å². The Morgan fingerprint density at radius 2 is 2.26 bits per heavy atom. The highest BCUT2D eigenvalue weighted by Gasteiger charge is 2.17. The van der Waals surface area contributed by atoms with Crippen molar-refractivity contribution >= 4 is 45.1 Å². The van der Waals surface area contributed by atoms with Crippen molar-refractivity contribution in [1.82, 2.24) is 20.4 Å². The van der Waals surface area contributed by atoms with E-state index in [4.69, 9.17) is 0 Å². The van der Waals surface area contributed by atoms with Crippen molar-refractivity contribution in [1.29, 1.82) is 0 Å². The highest BCUT2D eigenvalue weighted by Crippen LogP contribution is 2.21. The third kappa shape index (κ3) is 3.46. The lowest BCUT2D eigenvalue weighted by atomic mass is 10.2. The average Bonchev–Trinajstić information content (AvgIpc) is 2.77. The zero-order valence-electron chi connectivity index (χ0n) is 10.7. The molecule has 0 aliphatic rings. The number of likely N-dealkylation sites (N-methyl/N-ethyl adjacent to an activating group) is 2. The van der Waals surface area contributed by atoms with Gasteiger partial charge in [-0.1, -0.05) is 15.9 Å². The van der Waals surface area contributed by atoms with E-state index in [0.29, 0.717) is 12.2 Å². The standard InChI is InChI=1S/C12H15BrN4O.ClH/c1-14-5-6-17(2)12(18)11-9-7-8(13)3-4-10(9)15-16-11;/h3-4,7,14H,5-6H2,1-2H3,(H,15,16);1H. The summed E-state index contributed by atoms with van der Waals surface area (Å²) in [6, 6.07) is 5.72. The van der Waals surface area contributed by atoms with Crippen LogP contribution in [0.4, 0.5) is 0 Å². The molecule has 2 aromatic rings. The van der Waals surface area contributed by atoms with Crippen LogP contribution in [-0.4, -0.2) is 48.2 Å². The number of amides is 1. The SMILES string of the molecule is CNCCN(C)C(=O)c1n[nH]c2ccc(Br)cc12.Cl. The number of nitrogens with one attached hydrogen (secondary N) is 2. The van der Waals surface area contributed by atoms with Gasteiger partial charge in [0.25, 0.3) is 5.91 Å². The van der Waals surface area contributed by atoms with Gasteiger partial charge in [-0.25, -0.2) is 0 Å². The van der Waals surface area contributed by atoms with Gasteiger partial charge < -0.3 is 10.2 Å². The number of fused-ring (bicyclic) bond motifs is 1. The first-order chi connectivity index (χ1) is 8.63. The maximum Gasteiger partial charge on any atom is 0.274 e. The summed E-state index contributed by atoms with van der Waals surface area (Å²) in [6.07, 6.45) is 0. The van der Waals surface area contributed by atoms with E-state index in [9.17, 15) is 4.79 Å². The third-order valence-corrected chi connectivity index (χ3v) is 3.26. The van der Waals surface area contributed by atoms with Crippen LogP contribution in [0.1, 0.15) is 10.5 Å². The number of rotatable bonds is 4. The molecule has 0 radical (unpaired) electrons. The second-order valence-corrected chi connectivity index (χ2v) is 5.01.